The highest BCUT2D eigenvalue weighted by molar-refractivity contribution is 9.11. The maximum atomic E-state index is 13.8. The van der Waals surface area contributed by atoms with Gasteiger partial charge in [-0.25, -0.2) is 8.78 Å². The molecule has 1 unspecified atom stereocenters. The summed E-state index contributed by atoms with van der Waals surface area (Å²) in [7, 11) is 0. The van der Waals surface area contributed by atoms with Gasteiger partial charge in [-0.3, -0.25) is 0 Å². The molecule has 1 nitrogen and oxygen atoms in total. The minimum atomic E-state index is -1.23. The Balaban J connectivity index is 2.52. The molecule has 5 heteroatoms. The number of hydrogen-bond acceptors (Lipinski definition) is 1. The number of benzene rings is 2. The van der Waals surface area contributed by atoms with Gasteiger partial charge in [0.05, 0.1) is 0 Å². The Hall–Kier alpha value is -0.780. The van der Waals surface area contributed by atoms with Crippen LogP contribution in [0.25, 0.3) is 0 Å². The van der Waals surface area contributed by atoms with E-state index in [2.05, 4.69) is 31.9 Å². The third-order valence-corrected chi connectivity index (χ3v) is 4.04. The summed E-state index contributed by atoms with van der Waals surface area (Å²) in [6.45, 7) is 1.48. The Labute approximate surface area is 126 Å². The van der Waals surface area contributed by atoms with E-state index in [4.69, 9.17) is 0 Å². The molecule has 0 amide bonds. The third-order valence-electron chi connectivity index (χ3n) is 2.83. The second-order valence-electron chi connectivity index (χ2n) is 4.19. The van der Waals surface area contributed by atoms with Gasteiger partial charge in [0.1, 0.15) is 17.7 Å². The molecule has 19 heavy (non-hydrogen) atoms. The molecule has 1 atom stereocenters. The van der Waals surface area contributed by atoms with Crippen molar-refractivity contribution in [3.8, 4) is 0 Å². The molecular formula is C14H10Br2F2O. The quantitative estimate of drug-likeness (QED) is 0.773. The number of hydrogen-bond donors (Lipinski definition) is 1. The highest BCUT2D eigenvalue weighted by Gasteiger charge is 2.19. The van der Waals surface area contributed by atoms with Crippen molar-refractivity contribution in [2.45, 2.75) is 13.0 Å². The third kappa shape index (κ3) is 3.04. The Bertz CT molecular complexity index is 629. The fraction of sp³-hybridized carbons (Fsp3) is 0.143. The average molecular weight is 392 g/mol. The lowest BCUT2D eigenvalue weighted by Gasteiger charge is -2.15. The second-order valence-corrected chi connectivity index (χ2v) is 5.96. The first-order chi connectivity index (χ1) is 8.90. The molecule has 0 spiro atoms. The molecule has 0 saturated heterocycles. The van der Waals surface area contributed by atoms with Gasteiger partial charge < -0.3 is 5.11 Å². The van der Waals surface area contributed by atoms with Crippen molar-refractivity contribution in [3.05, 3.63) is 67.6 Å². The van der Waals surface area contributed by atoms with Crippen LogP contribution in [0.15, 0.2) is 39.3 Å². The summed E-state index contributed by atoms with van der Waals surface area (Å²) in [6, 6.07) is 7.28. The number of aliphatic hydroxyl groups is 1. The summed E-state index contributed by atoms with van der Waals surface area (Å²) in [5.41, 5.74) is 0.597. The van der Waals surface area contributed by atoms with E-state index in [1.807, 2.05) is 0 Å². The van der Waals surface area contributed by atoms with Gasteiger partial charge in [-0.1, -0.05) is 31.9 Å². The van der Waals surface area contributed by atoms with Gasteiger partial charge >= 0.3 is 0 Å². The summed E-state index contributed by atoms with van der Waals surface area (Å²) < 4.78 is 28.7. The van der Waals surface area contributed by atoms with E-state index in [1.165, 1.54) is 6.92 Å². The van der Waals surface area contributed by atoms with Crippen LogP contribution in [0.2, 0.25) is 0 Å². The molecule has 0 aromatic heterocycles. The normalized spacial score (nSPS) is 12.5. The van der Waals surface area contributed by atoms with Gasteiger partial charge in [-0.05, 0) is 42.8 Å². The molecule has 0 aliphatic heterocycles. The summed E-state index contributed by atoms with van der Waals surface area (Å²) in [5, 5.41) is 10.2. The van der Waals surface area contributed by atoms with Crippen LogP contribution >= 0.6 is 31.9 Å². The molecule has 0 aliphatic rings. The Kier molecular flexibility index (Phi) is 4.38. The van der Waals surface area contributed by atoms with Crippen LogP contribution in [-0.4, -0.2) is 5.11 Å². The first kappa shape index (κ1) is 14.6. The molecule has 100 valence electrons. The molecule has 0 radical (unpaired) electrons. The Morgan fingerprint density at radius 2 is 1.68 bits per heavy atom. The first-order valence-electron chi connectivity index (χ1n) is 5.48. The standard InChI is InChI=1S/C14H10Br2F2O/c1-7-4-13(18)10(6-12(7)17)14(19)9-5-8(15)2-3-11(9)16/h2-6,14,19H,1H3. The lowest BCUT2D eigenvalue weighted by atomic mass is 9.99. The van der Waals surface area contributed by atoms with Crippen molar-refractivity contribution in [2.75, 3.05) is 0 Å². The smallest absolute Gasteiger partial charge is 0.129 e. The van der Waals surface area contributed by atoms with E-state index < -0.39 is 17.7 Å². The van der Waals surface area contributed by atoms with Crippen LogP contribution in [-0.2, 0) is 0 Å². The van der Waals surface area contributed by atoms with Crippen molar-refractivity contribution >= 4 is 31.9 Å². The minimum Gasteiger partial charge on any atom is -0.384 e. The Morgan fingerprint density at radius 3 is 2.37 bits per heavy atom. The second kappa shape index (κ2) is 5.69. The lowest BCUT2D eigenvalue weighted by molar-refractivity contribution is 0.213. The number of halogens is 4. The van der Waals surface area contributed by atoms with Crippen LogP contribution in [0, 0.1) is 18.6 Å². The van der Waals surface area contributed by atoms with E-state index >= 15 is 0 Å². The summed E-state index contributed by atoms with van der Waals surface area (Å²) >= 11 is 6.57. The maximum Gasteiger partial charge on any atom is 0.129 e. The molecule has 0 fully saturated rings. The SMILES string of the molecule is Cc1cc(F)c(C(O)c2cc(Br)ccc2Br)cc1F. The zero-order chi connectivity index (χ0) is 14.2. The molecule has 2 aromatic carbocycles. The average Bonchev–Trinajstić information content (AvgIpc) is 2.36. The van der Waals surface area contributed by atoms with Gasteiger partial charge in [0.25, 0.3) is 0 Å². The fourth-order valence-corrected chi connectivity index (χ4v) is 2.61. The highest BCUT2D eigenvalue weighted by Crippen LogP contribution is 2.32. The molecule has 0 bridgehead atoms. The van der Waals surface area contributed by atoms with E-state index in [0.717, 1.165) is 16.6 Å². The zero-order valence-corrected chi connectivity index (χ0v) is 13.1. The molecule has 2 aromatic rings. The van der Waals surface area contributed by atoms with Gasteiger partial charge in [0, 0.05) is 20.1 Å². The fourth-order valence-electron chi connectivity index (χ4n) is 1.76. The first-order valence-corrected chi connectivity index (χ1v) is 7.07. The van der Waals surface area contributed by atoms with Gasteiger partial charge in [-0.15, -0.1) is 0 Å². The molecule has 0 heterocycles. The van der Waals surface area contributed by atoms with Crippen molar-refractivity contribution in [1.29, 1.82) is 0 Å². The molecule has 1 N–H and O–H groups in total. The van der Waals surface area contributed by atoms with Crippen LogP contribution in [0.3, 0.4) is 0 Å². The summed E-state index contributed by atoms with van der Waals surface area (Å²) in [6.07, 6.45) is -1.23. The van der Waals surface area contributed by atoms with Gasteiger partial charge in [0.2, 0.25) is 0 Å². The lowest BCUT2D eigenvalue weighted by Crippen LogP contribution is -2.05. The molecule has 0 aliphatic carbocycles. The predicted molar refractivity (Wildman–Crippen MR) is 77.0 cm³/mol. The van der Waals surface area contributed by atoms with Gasteiger partial charge in [0.15, 0.2) is 0 Å². The zero-order valence-electron chi connectivity index (χ0n) is 9.92. The number of rotatable bonds is 2. The van der Waals surface area contributed by atoms with Crippen LogP contribution < -0.4 is 0 Å². The van der Waals surface area contributed by atoms with Crippen LogP contribution in [0.1, 0.15) is 22.8 Å². The maximum absolute atomic E-state index is 13.8. The highest BCUT2D eigenvalue weighted by atomic mass is 79.9. The number of aryl methyl sites for hydroxylation is 1. The van der Waals surface area contributed by atoms with E-state index in [9.17, 15) is 13.9 Å². The molecule has 2 rings (SSSR count). The minimum absolute atomic E-state index is 0.0816. The van der Waals surface area contributed by atoms with E-state index in [0.29, 0.717) is 10.0 Å². The van der Waals surface area contributed by atoms with E-state index in [1.54, 1.807) is 18.2 Å². The van der Waals surface area contributed by atoms with Gasteiger partial charge in [-0.2, -0.15) is 0 Å². The van der Waals surface area contributed by atoms with E-state index in [-0.39, 0.29) is 11.1 Å². The largest absolute Gasteiger partial charge is 0.384 e. The summed E-state index contributed by atoms with van der Waals surface area (Å²) in [4.78, 5) is 0. The van der Waals surface area contributed by atoms with Crippen LogP contribution in [0.4, 0.5) is 8.78 Å². The van der Waals surface area contributed by atoms with Crippen molar-refractivity contribution < 1.29 is 13.9 Å². The monoisotopic (exact) mass is 390 g/mol. The predicted octanol–water partition coefficient (Wildman–Crippen LogP) is 4.88. The molecular weight excluding hydrogens is 382 g/mol. The Morgan fingerprint density at radius 1 is 1.00 bits per heavy atom. The van der Waals surface area contributed by atoms with Crippen molar-refractivity contribution in [2.24, 2.45) is 0 Å². The summed E-state index contributed by atoms with van der Waals surface area (Å²) in [5.74, 6) is -1.17. The van der Waals surface area contributed by atoms with Crippen molar-refractivity contribution in [1.82, 2.24) is 0 Å². The number of aliphatic hydroxyl groups excluding tert-OH is 1. The topological polar surface area (TPSA) is 20.2 Å². The van der Waals surface area contributed by atoms with Crippen LogP contribution in [0.5, 0.6) is 0 Å². The van der Waals surface area contributed by atoms with Crippen molar-refractivity contribution in [3.63, 3.8) is 0 Å². The molecule has 0 saturated carbocycles.